The fraction of sp³-hybridized carbons (Fsp3) is 0.286. The van der Waals surface area contributed by atoms with Gasteiger partial charge in [-0.1, -0.05) is 29.8 Å². The predicted molar refractivity (Wildman–Crippen MR) is 105 cm³/mol. The van der Waals surface area contributed by atoms with Gasteiger partial charge in [0.15, 0.2) is 0 Å². The zero-order chi connectivity index (χ0) is 18.8. The molecule has 0 bridgehead atoms. The smallest absolute Gasteiger partial charge is 0.255 e. The van der Waals surface area contributed by atoms with Crippen molar-refractivity contribution in [3.63, 3.8) is 0 Å². The lowest BCUT2D eigenvalue weighted by Crippen LogP contribution is -2.41. The summed E-state index contributed by atoms with van der Waals surface area (Å²) in [5.41, 5.74) is 3.82. The van der Waals surface area contributed by atoms with Gasteiger partial charge in [-0.3, -0.25) is 14.3 Å². The van der Waals surface area contributed by atoms with Crippen molar-refractivity contribution in [1.82, 2.24) is 14.5 Å². The molecular formula is C21H22N4O2. The first-order valence-corrected chi connectivity index (χ1v) is 9.03. The van der Waals surface area contributed by atoms with E-state index in [1.807, 2.05) is 18.2 Å². The molecule has 6 nitrogen and oxygen atoms in total. The van der Waals surface area contributed by atoms with Crippen molar-refractivity contribution in [2.24, 2.45) is 7.05 Å². The number of hydrogen-bond donors (Lipinski definition) is 0. The van der Waals surface area contributed by atoms with Crippen LogP contribution in [0, 0.1) is 6.92 Å². The Morgan fingerprint density at radius 2 is 1.96 bits per heavy atom. The quantitative estimate of drug-likeness (QED) is 0.717. The summed E-state index contributed by atoms with van der Waals surface area (Å²) in [5.74, 6) is 0.662. The molecule has 2 aromatic heterocycles. The molecule has 1 aliphatic heterocycles. The highest BCUT2D eigenvalue weighted by molar-refractivity contribution is 5.59. The number of ether oxygens (including phenoxy) is 1. The van der Waals surface area contributed by atoms with Gasteiger partial charge in [-0.15, -0.1) is 0 Å². The first-order valence-electron chi connectivity index (χ1n) is 9.03. The van der Waals surface area contributed by atoms with Gasteiger partial charge >= 0.3 is 0 Å². The standard InChI is InChI=1S/C21H22N4O2/c1-15-4-3-5-17(12-15)19-14-25(10-11-27-19)21-23-18(13-20(26)24(21)2)16-6-8-22-9-7-16/h3-9,12-13,19H,10-11,14H2,1-2H3/t19-/m1/s1. The Morgan fingerprint density at radius 1 is 1.15 bits per heavy atom. The van der Waals surface area contributed by atoms with Crippen molar-refractivity contribution in [3.05, 3.63) is 76.3 Å². The largest absolute Gasteiger partial charge is 0.370 e. The lowest BCUT2D eigenvalue weighted by atomic mass is 10.1. The number of aryl methyl sites for hydroxylation is 1. The number of anilines is 1. The van der Waals surface area contributed by atoms with Gasteiger partial charge in [0.25, 0.3) is 5.56 Å². The Kier molecular flexibility index (Phi) is 4.73. The van der Waals surface area contributed by atoms with E-state index in [0.717, 1.165) is 11.1 Å². The molecule has 3 heterocycles. The highest BCUT2D eigenvalue weighted by atomic mass is 16.5. The zero-order valence-corrected chi connectivity index (χ0v) is 15.5. The number of morpholine rings is 1. The summed E-state index contributed by atoms with van der Waals surface area (Å²) in [6, 6.07) is 13.6. The van der Waals surface area contributed by atoms with Crippen LogP contribution in [0.15, 0.2) is 59.7 Å². The van der Waals surface area contributed by atoms with Gasteiger partial charge in [0.2, 0.25) is 5.95 Å². The monoisotopic (exact) mass is 362 g/mol. The van der Waals surface area contributed by atoms with Crippen LogP contribution >= 0.6 is 0 Å². The highest BCUT2D eigenvalue weighted by Crippen LogP contribution is 2.26. The summed E-state index contributed by atoms with van der Waals surface area (Å²) in [7, 11) is 1.76. The molecule has 0 aliphatic carbocycles. The Hall–Kier alpha value is -2.99. The number of rotatable bonds is 3. The number of aromatic nitrogens is 3. The highest BCUT2D eigenvalue weighted by Gasteiger charge is 2.25. The lowest BCUT2D eigenvalue weighted by molar-refractivity contribution is 0.0389. The SMILES string of the molecule is Cc1cccc([C@H]2CN(c3nc(-c4ccncc4)cc(=O)n3C)CCO2)c1. The molecule has 0 radical (unpaired) electrons. The third-order valence-corrected chi connectivity index (χ3v) is 4.85. The van der Waals surface area contributed by atoms with E-state index in [1.165, 1.54) is 5.56 Å². The lowest BCUT2D eigenvalue weighted by Gasteiger charge is -2.34. The van der Waals surface area contributed by atoms with Gasteiger partial charge in [0.05, 0.1) is 18.8 Å². The van der Waals surface area contributed by atoms with Gasteiger partial charge in [-0.05, 0) is 24.6 Å². The molecule has 1 aromatic carbocycles. The van der Waals surface area contributed by atoms with E-state index in [2.05, 4.69) is 35.0 Å². The molecule has 0 spiro atoms. The molecule has 138 valence electrons. The van der Waals surface area contributed by atoms with Crippen molar-refractivity contribution < 1.29 is 4.74 Å². The molecule has 1 saturated heterocycles. The second-order valence-electron chi connectivity index (χ2n) is 6.79. The molecule has 4 rings (SSSR count). The fourth-order valence-corrected chi connectivity index (χ4v) is 3.38. The minimum Gasteiger partial charge on any atom is -0.370 e. The minimum absolute atomic E-state index is 0.0415. The van der Waals surface area contributed by atoms with Crippen molar-refractivity contribution in [1.29, 1.82) is 0 Å². The van der Waals surface area contributed by atoms with Crippen LogP contribution in [-0.2, 0) is 11.8 Å². The predicted octanol–water partition coefficient (Wildman–Crippen LogP) is 2.73. The number of benzene rings is 1. The molecule has 27 heavy (non-hydrogen) atoms. The molecule has 1 atom stereocenters. The topological polar surface area (TPSA) is 60.2 Å². The summed E-state index contributed by atoms with van der Waals surface area (Å²) >= 11 is 0. The van der Waals surface area contributed by atoms with Gasteiger partial charge in [-0.2, -0.15) is 0 Å². The Morgan fingerprint density at radius 3 is 2.74 bits per heavy atom. The molecule has 0 N–H and O–H groups in total. The molecule has 6 heteroatoms. The van der Waals surface area contributed by atoms with E-state index < -0.39 is 0 Å². The van der Waals surface area contributed by atoms with Crippen LogP contribution in [0.2, 0.25) is 0 Å². The van der Waals surface area contributed by atoms with Gasteiger partial charge < -0.3 is 9.64 Å². The average Bonchev–Trinajstić information content (AvgIpc) is 2.71. The molecule has 0 amide bonds. The average molecular weight is 362 g/mol. The van der Waals surface area contributed by atoms with Gasteiger partial charge in [0, 0.05) is 37.6 Å². The molecule has 0 saturated carbocycles. The number of pyridine rings is 1. The summed E-state index contributed by atoms with van der Waals surface area (Å²) < 4.78 is 7.59. The fourth-order valence-electron chi connectivity index (χ4n) is 3.38. The second kappa shape index (κ2) is 7.32. The molecule has 1 aliphatic rings. The van der Waals surface area contributed by atoms with Crippen LogP contribution in [0.5, 0.6) is 0 Å². The molecule has 0 unspecified atom stereocenters. The zero-order valence-electron chi connectivity index (χ0n) is 15.5. The van der Waals surface area contributed by atoms with E-state index in [-0.39, 0.29) is 11.7 Å². The van der Waals surface area contributed by atoms with E-state index in [0.29, 0.717) is 31.3 Å². The molecular weight excluding hydrogens is 340 g/mol. The Labute approximate surface area is 158 Å². The summed E-state index contributed by atoms with van der Waals surface area (Å²) in [6.45, 7) is 4.02. The number of hydrogen-bond acceptors (Lipinski definition) is 5. The minimum atomic E-state index is -0.0783. The van der Waals surface area contributed by atoms with Crippen molar-refractivity contribution >= 4 is 5.95 Å². The third kappa shape index (κ3) is 3.61. The molecule has 3 aromatic rings. The van der Waals surface area contributed by atoms with E-state index in [1.54, 1.807) is 30.1 Å². The first-order chi connectivity index (χ1) is 13.1. The van der Waals surface area contributed by atoms with Crippen LogP contribution in [0.4, 0.5) is 5.95 Å². The summed E-state index contributed by atoms with van der Waals surface area (Å²) in [4.78, 5) is 23.5. The van der Waals surface area contributed by atoms with E-state index in [4.69, 9.17) is 9.72 Å². The maximum absolute atomic E-state index is 12.5. The maximum Gasteiger partial charge on any atom is 0.255 e. The van der Waals surface area contributed by atoms with Crippen molar-refractivity contribution in [3.8, 4) is 11.3 Å². The summed E-state index contributed by atoms with van der Waals surface area (Å²) in [6.07, 6.45) is 3.37. The van der Waals surface area contributed by atoms with Crippen molar-refractivity contribution in [2.45, 2.75) is 13.0 Å². The molecule has 1 fully saturated rings. The van der Waals surface area contributed by atoms with Crippen LogP contribution in [-0.4, -0.2) is 34.2 Å². The van der Waals surface area contributed by atoms with Crippen LogP contribution in [0.1, 0.15) is 17.2 Å². The summed E-state index contributed by atoms with van der Waals surface area (Å²) in [5, 5.41) is 0. The third-order valence-electron chi connectivity index (χ3n) is 4.85. The van der Waals surface area contributed by atoms with E-state index >= 15 is 0 Å². The Bertz CT molecular complexity index is 1000. The van der Waals surface area contributed by atoms with Crippen LogP contribution in [0.3, 0.4) is 0 Å². The first kappa shape index (κ1) is 17.4. The Balaban J connectivity index is 1.68. The normalized spacial score (nSPS) is 17.1. The van der Waals surface area contributed by atoms with Crippen LogP contribution in [0.25, 0.3) is 11.3 Å². The van der Waals surface area contributed by atoms with E-state index in [9.17, 15) is 4.79 Å². The maximum atomic E-state index is 12.5. The van der Waals surface area contributed by atoms with Crippen LogP contribution < -0.4 is 10.5 Å². The number of nitrogens with zero attached hydrogens (tertiary/aromatic N) is 4. The second-order valence-corrected chi connectivity index (χ2v) is 6.79. The van der Waals surface area contributed by atoms with Gasteiger partial charge in [-0.25, -0.2) is 4.98 Å². The van der Waals surface area contributed by atoms with Gasteiger partial charge in [0.1, 0.15) is 6.10 Å². The van der Waals surface area contributed by atoms with Crippen molar-refractivity contribution in [2.75, 3.05) is 24.6 Å².